The molecule has 1 aliphatic heterocycles. The summed E-state index contributed by atoms with van der Waals surface area (Å²) in [6.45, 7) is 0. The maximum atomic E-state index is 11.8. The molecule has 2 rings (SSSR count). The number of rotatable bonds is 1. The first-order valence-electron chi connectivity index (χ1n) is 5.38. The van der Waals surface area contributed by atoms with E-state index >= 15 is 0 Å². The molecule has 0 spiro atoms. The fraction of sp³-hybridized carbons (Fsp3) is 0.154. The summed E-state index contributed by atoms with van der Waals surface area (Å²) < 4.78 is 0. The van der Waals surface area contributed by atoms with Gasteiger partial charge in [-0.15, -0.1) is 12.6 Å². The molecule has 1 aliphatic rings. The van der Waals surface area contributed by atoms with Crippen molar-refractivity contribution in [1.29, 1.82) is 10.5 Å². The van der Waals surface area contributed by atoms with Gasteiger partial charge in [-0.2, -0.15) is 10.5 Å². The number of hydrogen-bond donors (Lipinski definition) is 2. The fourth-order valence-electron chi connectivity index (χ4n) is 2.05. The van der Waals surface area contributed by atoms with E-state index in [4.69, 9.17) is 11.6 Å². The van der Waals surface area contributed by atoms with E-state index in [0.29, 0.717) is 10.6 Å². The number of amides is 1. The summed E-state index contributed by atoms with van der Waals surface area (Å²) in [5.74, 6) is -2.16. The third-order valence-electron chi connectivity index (χ3n) is 2.92. The third kappa shape index (κ3) is 2.31. The zero-order valence-electron chi connectivity index (χ0n) is 9.59. The Morgan fingerprint density at radius 2 is 2.00 bits per heavy atom. The highest BCUT2D eigenvalue weighted by Gasteiger charge is 2.39. The molecule has 0 unspecified atom stereocenters. The lowest BCUT2D eigenvalue weighted by Crippen LogP contribution is -2.38. The van der Waals surface area contributed by atoms with Crippen LogP contribution in [-0.2, 0) is 4.79 Å². The summed E-state index contributed by atoms with van der Waals surface area (Å²) in [6, 6.07) is 10.8. The van der Waals surface area contributed by atoms with Crippen molar-refractivity contribution in [3.8, 4) is 12.1 Å². The van der Waals surface area contributed by atoms with Crippen molar-refractivity contribution < 1.29 is 4.79 Å². The summed E-state index contributed by atoms with van der Waals surface area (Å²) in [4.78, 5) is 11.8. The second-order valence-corrected chi connectivity index (χ2v) is 4.82. The molecule has 0 saturated carbocycles. The summed E-state index contributed by atoms with van der Waals surface area (Å²) >= 11 is 10.2. The number of nitrogens with zero attached hydrogens (tertiary/aromatic N) is 2. The van der Waals surface area contributed by atoms with Crippen LogP contribution in [0.25, 0.3) is 0 Å². The molecule has 0 aromatic heterocycles. The maximum Gasteiger partial charge on any atom is 0.243 e. The molecule has 1 aromatic rings. The van der Waals surface area contributed by atoms with Crippen LogP contribution >= 0.6 is 24.2 Å². The highest BCUT2D eigenvalue weighted by Crippen LogP contribution is 2.39. The highest BCUT2D eigenvalue weighted by molar-refractivity contribution is 7.84. The molecule has 2 atom stereocenters. The largest absolute Gasteiger partial charge is 0.319 e. The van der Waals surface area contributed by atoms with Crippen molar-refractivity contribution in [3.05, 3.63) is 45.5 Å². The van der Waals surface area contributed by atoms with E-state index in [1.165, 1.54) is 0 Å². The van der Waals surface area contributed by atoms with Gasteiger partial charge >= 0.3 is 0 Å². The average molecular weight is 290 g/mol. The van der Waals surface area contributed by atoms with Crippen LogP contribution in [-0.4, -0.2) is 5.91 Å². The molecule has 1 heterocycles. The molecule has 1 aromatic carbocycles. The minimum atomic E-state index is -0.995. The van der Waals surface area contributed by atoms with E-state index in [0.717, 1.165) is 0 Å². The number of carbonyl (C=O) groups excluding carboxylic acids is 1. The van der Waals surface area contributed by atoms with Crippen LogP contribution in [0.3, 0.4) is 0 Å². The first-order chi connectivity index (χ1) is 9.10. The molecule has 19 heavy (non-hydrogen) atoms. The number of carbonyl (C=O) groups is 1. The van der Waals surface area contributed by atoms with Gasteiger partial charge in [-0.3, -0.25) is 4.79 Å². The predicted octanol–water partition coefficient (Wildman–Crippen LogP) is 2.36. The monoisotopic (exact) mass is 289 g/mol. The molecular weight excluding hydrogens is 282 g/mol. The SMILES string of the molecule is N#CC1=C(S)NC(=O)[C@H](C#N)[C@H]1c1ccccc1Cl. The Bertz CT molecular complexity index is 657. The lowest BCUT2D eigenvalue weighted by molar-refractivity contribution is -0.123. The minimum Gasteiger partial charge on any atom is -0.319 e. The normalized spacial score (nSPS) is 22.4. The van der Waals surface area contributed by atoms with Crippen LogP contribution < -0.4 is 5.32 Å². The van der Waals surface area contributed by atoms with Crippen LogP contribution in [0.5, 0.6) is 0 Å². The van der Waals surface area contributed by atoms with Crippen molar-refractivity contribution in [2.75, 3.05) is 0 Å². The van der Waals surface area contributed by atoms with Crippen molar-refractivity contribution >= 4 is 30.1 Å². The van der Waals surface area contributed by atoms with Crippen LogP contribution in [0.1, 0.15) is 11.5 Å². The molecule has 0 bridgehead atoms. The molecule has 0 radical (unpaired) electrons. The van der Waals surface area contributed by atoms with Gasteiger partial charge in [-0.05, 0) is 11.6 Å². The Morgan fingerprint density at radius 3 is 2.58 bits per heavy atom. The molecule has 0 saturated heterocycles. The minimum absolute atomic E-state index is 0.170. The number of halogens is 1. The zero-order chi connectivity index (χ0) is 14.0. The van der Waals surface area contributed by atoms with Crippen molar-refractivity contribution in [2.24, 2.45) is 5.92 Å². The molecule has 1 N–H and O–H groups in total. The van der Waals surface area contributed by atoms with E-state index in [2.05, 4.69) is 17.9 Å². The second kappa shape index (κ2) is 5.36. The predicted molar refractivity (Wildman–Crippen MR) is 73.1 cm³/mol. The van der Waals surface area contributed by atoms with Crippen LogP contribution in [0.4, 0.5) is 0 Å². The number of benzene rings is 1. The quantitative estimate of drug-likeness (QED) is 0.779. The standard InChI is InChI=1S/C13H8ClN3OS/c14-10-4-2-1-3-7(10)11-8(5-15)12(18)17-13(19)9(11)6-16/h1-4,8,11,19H,(H,17,18)/t8-,11-/m1/s1. The molecule has 1 amide bonds. The molecule has 0 aliphatic carbocycles. The van der Waals surface area contributed by atoms with Gasteiger partial charge in [-0.1, -0.05) is 29.8 Å². The van der Waals surface area contributed by atoms with Gasteiger partial charge in [0.25, 0.3) is 0 Å². The number of allylic oxidation sites excluding steroid dienone is 1. The van der Waals surface area contributed by atoms with Crippen LogP contribution in [0.15, 0.2) is 34.9 Å². The lowest BCUT2D eigenvalue weighted by atomic mass is 9.79. The van der Waals surface area contributed by atoms with Gasteiger partial charge in [0, 0.05) is 10.9 Å². The highest BCUT2D eigenvalue weighted by atomic mass is 35.5. The molecule has 0 fully saturated rings. The number of hydrogen-bond acceptors (Lipinski definition) is 4. The van der Waals surface area contributed by atoms with Gasteiger partial charge in [0.05, 0.1) is 22.7 Å². The van der Waals surface area contributed by atoms with Crippen molar-refractivity contribution in [3.63, 3.8) is 0 Å². The first-order valence-corrected chi connectivity index (χ1v) is 6.20. The van der Waals surface area contributed by atoms with Gasteiger partial charge in [0.1, 0.15) is 5.92 Å². The maximum absolute atomic E-state index is 11.8. The van der Waals surface area contributed by atoms with Gasteiger partial charge in [0.2, 0.25) is 5.91 Å². The van der Waals surface area contributed by atoms with Crippen molar-refractivity contribution in [1.82, 2.24) is 5.32 Å². The first kappa shape index (κ1) is 13.5. The molecular formula is C13H8ClN3OS. The molecule has 6 heteroatoms. The smallest absolute Gasteiger partial charge is 0.243 e. The van der Waals surface area contributed by atoms with Gasteiger partial charge < -0.3 is 5.32 Å². The van der Waals surface area contributed by atoms with Gasteiger partial charge in [-0.25, -0.2) is 0 Å². The van der Waals surface area contributed by atoms with Crippen LogP contribution in [0, 0.1) is 28.6 Å². The van der Waals surface area contributed by atoms with Crippen molar-refractivity contribution in [2.45, 2.75) is 5.92 Å². The lowest BCUT2D eigenvalue weighted by Gasteiger charge is -2.27. The van der Waals surface area contributed by atoms with E-state index < -0.39 is 17.7 Å². The Morgan fingerprint density at radius 1 is 1.32 bits per heavy atom. The van der Waals surface area contributed by atoms with E-state index in [1.54, 1.807) is 24.3 Å². The third-order valence-corrected chi connectivity index (χ3v) is 3.62. The Balaban J connectivity index is 2.66. The molecule has 4 nitrogen and oxygen atoms in total. The summed E-state index contributed by atoms with van der Waals surface area (Å²) in [5, 5.41) is 21.4. The Hall–Kier alpha value is -1.95. The summed E-state index contributed by atoms with van der Waals surface area (Å²) in [5.41, 5.74) is 0.816. The Labute approximate surface area is 120 Å². The Kier molecular flexibility index (Phi) is 3.80. The summed E-state index contributed by atoms with van der Waals surface area (Å²) in [6.07, 6.45) is 0. The summed E-state index contributed by atoms with van der Waals surface area (Å²) in [7, 11) is 0. The zero-order valence-corrected chi connectivity index (χ0v) is 11.2. The number of nitrogens with one attached hydrogen (secondary N) is 1. The number of nitriles is 2. The molecule has 94 valence electrons. The van der Waals surface area contributed by atoms with E-state index in [-0.39, 0.29) is 10.6 Å². The number of thiol groups is 1. The van der Waals surface area contributed by atoms with Gasteiger partial charge in [0.15, 0.2) is 0 Å². The fourth-order valence-corrected chi connectivity index (χ4v) is 2.60. The topological polar surface area (TPSA) is 76.7 Å². The van der Waals surface area contributed by atoms with E-state index in [1.807, 2.05) is 12.1 Å². The van der Waals surface area contributed by atoms with Crippen LogP contribution in [0.2, 0.25) is 5.02 Å². The average Bonchev–Trinajstić information content (AvgIpc) is 2.38. The second-order valence-electron chi connectivity index (χ2n) is 3.97. The van der Waals surface area contributed by atoms with E-state index in [9.17, 15) is 15.3 Å².